The maximum absolute atomic E-state index is 14.1. The molecule has 0 aliphatic carbocycles. The van der Waals surface area contributed by atoms with Crippen LogP contribution in [0.5, 0.6) is 0 Å². The third-order valence-corrected chi connectivity index (χ3v) is 2.89. The molecule has 4 nitrogen and oxygen atoms in total. The SMILES string of the molecule is CCN(CCCN(C)C)c1nccc(CN)c1F. The summed E-state index contributed by atoms with van der Waals surface area (Å²) < 4.78 is 14.1. The molecule has 1 rings (SSSR count). The molecule has 0 aliphatic heterocycles. The maximum Gasteiger partial charge on any atom is 0.170 e. The molecule has 0 saturated carbocycles. The highest BCUT2D eigenvalue weighted by Gasteiger charge is 2.14. The Labute approximate surface area is 109 Å². The summed E-state index contributed by atoms with van der Waals surface area (Å²) in [5.41, 5.74) is 6.03. The van der Waals surface area contributed by atoms with Crippen molar-refractivity contribution in [1.29, 1.82) is 0 Å². The number of hydrogen-bond donors (Lipinski definition) is 1. The van der Waals surface area contributed by atoms with Crippen molar-refractivity contribution in [3.63, 3.8) is 0 Å². The predicted octanol–water partition coefficient (Wildman–Crippen LogP) is 1.46. The number of anilines is 1. The van der Waals surface area contributed by atoms with Crippen LogP contribution in [0.1, 0.15) is 18.9 Å². The van der Waals surface area contributed by atoms with Crippen molar-refractivity contribution >= 4 is 5.82 Å². The molecule has 0 unspecified atom stereocenters. The van der Waals surface area contributed by atoms with Gasteiger partial charge in [-0.3, -0.25) is 0 Å². The van der Waals surface area contributed by atoms with Crippen molar-refractivity contribution < 1.29 is 4.39 Å². The Balaban J connectivity index is 2.75. The molecule has 0 saturated heterocycles. The molecule has 2 N–H and O–H groups in total. The Kier molecular flexibility index (Phi) is 6.01. The van der Waals surface area contributed by atoms with Crippen LogP contribution in [0.4, 0.5) is 10.2 Å². The first-order valence-corrected chi connectivity index (χ1v) is 6.33. The molecule has 0 radical (unpaired) electrons. The number of halogens is 1. The van der Waals surface area contributed by atoms with E-state index < -0.39 is 0 Å². The van der Waals surface area contributed by atoms with Crippen LogP contribution in [0.25, 0.3) is 0 Å². The van der Waals surface area contributed by atoms with Gasteiger partial charge in [0.2, 0.25) is 0 Å². The molecule has 0 spiro atoms. The van der Waals surface area contributed by atoms with E-state index in [1.165, 1.54) is 0 Å². The third-order valence-electron chi connectivity index (χ3n) is 2.89. The lowest BCUT2D eigenvalue weighted by atomic mass is 10.2. The first-order valence-electron chi connectivity index (χ1n) is 6.33. The van der Waals surface area contributed by atoms with E-state index in [-0.39, 0.29) is 12.4 Å². The molecular formula is C13H23FN4. The molecule has 0 amide bonds. The second-order valence-corrected chi connectivity index (χ2v) is 4.55. The van der Waals surface area contributed by atoms with Crippen LogP contribution < -0.4 is 10.6 Å². The van der Waals surface area contributed by atoms with Gasteiger partial charge in [-0.15, -0.1) is 0 Å². The first-order chi connectivity index (χ1) is 8.60. The van der Waals surface area contributed by atoms with Gasteiger partial charge in [-0.1, -0.05) is 0 Å². The number of rotatable bonds is 7. The van der Waals surface area contributed by atoms with Crippen molar-refractivity contribution in [2.45, 2.75) is 19.9 Å². The van der Waals surface area contributed by atoms with Crippen molar-refractivity contribution in [2.24, 2.45) is 5.73 Å². The van der Waals surface area contributed by atoms with Gasteiger partial charge in [-0.2, -0.15) is 0 Å². The largest absolute Gasteiger partial charge is 0.354 e. The van der Waals surface area contributed by atoms with Crippen LogP contribution in [0, 0.1) is 5.82 Å². The summed E-state index contributed by atoms with van der Waals surface area (Å²) in [7, 11) is 4.06. The van der Waals surface area contributed by atoms with E-state index in [0.717, 1.165) is 26.1 Å². The smallest absolute Gasteiger partial charge is 0.170 e. The molecule has 1 aromatic heterocycles. The molecule has 0 atom stereocenters. The van der Waals surface area contributed by atoms with Crippen molar-refractivity contribution in [3.05, 3.63) is 23.6 Å². The van der Waals surface area contributed by atoms with Gasteiger partial charge in [0.1, 0.15) is 0 Å². The van der Waals surface area contributed by atoms with Crippen LogP contribution in [0.15, 0.2) is 12.3 Å². The van der Waals surface area contributed by atoms with Gasteiger partial charge in [0.15, 0.2) is 11.6 Å². The number of nitrogens with zero attached hydrogens (tertiary/aromatic N) is 3. The van der Waals surface area contributed by atoms with Gasteiger partial charge < -0.3 is 15.5 Å². The Morgan fingerprint density at radius 1 is 1.33 bits per heavy atom. The normalized spacial score (nSPS) is 11.0. The van der Waals surface area contributed by atoms with E-state index in [1.807, 2.05) is 25.9 Å². The van der Waals surface area contributed by atoms with Gasteiger partial charge >= 0.3 is 0 Å². The highest BCUT2D eigenvalue weighted by atomic mass is 19.1. The van der Waals surface area contributed by atoms with Crippen LogP contribution >= 0.6 is 0 Å². The zero-order valence-electron chi connectivity index (χ0n) is 11.5. The number of pyridine rings is 1. The fourth-order valence-corrected chi connectivity index (χ4v) is 1.84. The summed E-state index contributed by atoms with van der Waals surface area (Å²) in [6.07, 6.45) is 2.60. The lowest BCUT2D eigenvalue weighted by Crippen LogP contribution is -2.29. The van der Waals surface area contributed by atoms with E-state index in [0.29, 0.717) is 11.4 Å². The third kappa shape index (κ3) is 3.92. The van der Waals surface area contributed by atoms with E-state index in [9.17, 15) is 4.39 Å². The Hall–Kier alpha value is -1.20. The van der Waals surface area contributed by atoms with Gasteiger partial charge in [-0.05, 0) is 40.1 Å². The number of hydrogen-bond acceptors (Lipinski definition) is 4. The quantitative estimate of drug-likeness (QED) is 0.800. The maximum atomic E-state index is 14.1. The van der Waals surface area contributed by atoms with Crippen molar-refractivity contribution in [3.8, 4) is 0 Å². The molecule has 102 valence electrons. The van der Waals surface area contributed by atoms with E-state index in [4.69, 9.17) is 5.73 Å². The molecule has 0 aliphatic rings. The topological polar surface area (TPSA) is 45.4 Å². The fourth-order valence-electron chi connectivity index (χ4n) is 1.84. The molecule has 18 heavy (non-hydrogen) atoms. The number of aromatic nitrogens is 1. The first kappa shape index (κ1) is 14.9. The monoisotopic (exact) mass is 254 g/mol. The van der Waals surface area contributed by atoms with Crippen LogP contribution in [0.2, 0.25) is 0 Å². The lowest BCUT2D eigenvalue weighted by molar-refractivity contribution is 0.400. The summed E-state index contributed by atoms with van der Waals surface area (Å²) in [5, 5.41) is 0. The van der Waals surface area contributed by atoms with E-state index >= 15 is 0 Å². The summed E-state index contributed by atoms with van der Waals surface area (Å²) in [6, 6.07) is 1.63. The predicted molar refractivity (Wildman–Crippen MR) is 73.1 cm³/mol. The van der Waals surface area contributed by atoms with Crippen molar-refractivity contribution in [2.75, 3.05) is 38.6 Å². The standard InChI is InChI=1S/C13H23FN4/c1-4-18(9-5-8-17(2)3)13-12(14)11(10-15)6-7-16-13/h6-7H,4-5,8-10,15H2,1-3H3. The van der Waals surface area contributed by atoms with Crippen LogP contribution in [0.3, 0.4) is 0 Å². The van der Waals surface area contributed by atoms with Gasteiger partial charge in [-0.25, -0.2) is 9.37 Å². The highest BCUT2D eigenvalue weighted by molar-refractivity contribution is 5.42. The summed E-state index contributed by atoms with van der Waals surface area (Å²) >= 11 is 0. The lowest BCUT2D eigenvalue weighted by Gasteiger charge is -2.23. The fraction of sp³-hybridized carbons (Fsp3) is 0.615. The zero-order chi connectivity index (χ0) is 13.5. The molecular weight excluding hydrogens is 231 g/mol. The molecule has 1 heterocycles. The molecule has 5 heteroatoms. The summed E-state index contributed by atoms with van der Waals surface area (Å²) in [4.78, 5) is 8.21. The van der Waals surface area contributed by atoms with Gasteiger partial charge in [0.25, 0.3) is 0 Å². The molecule has 0 aromatic carbocycles. The highest BCUT2D eigenvalue weighted by Crippen LogP contribution is 2.19. The van der Waals surface area contributed by atoms with Gasteiger partial charge in [0.05, 0.1) is 0 Å². The Bertz CT molecular complexity index is 368. The minimum Gasteiger partial charge on any atom is -0.354 e. The zero-order valence-corrected chi connectivity index (χ0v) is 11.5. The number of nitrogens with two attached hydrogens (primary N) is 1. The molecule has 1 aromatic rings. The van der Waals surface area contributed by atoms with E-state index in [1.54, 1.807) is 12.3 Å². The van der Waals surface area contributed by atoms with Crippen LogP contribution in [-0.4, -0.2) is 43.6 Å². The summed E-state index contributed by atoms with van der Waals surface area (Å²) in [5.74, 6) is 0.130. The summed E-state index contributed by atoms with van der Waals surface area (Å²) in [6.45, 7) is 4.73. The Morgan fingerprint density at radius 2 is 2.06 bits per heavy atom. The second-order valence-electron chi connectivity index (χ2n) is 4.55. The average molecular weight is 254 g/mol. The average Bonchev–Trinajstić information content (AvgIpc) is 2.35. The van der Waals surface area contributed by atoms with Crippen LogP contribution in [-0.2, 0) is 6.54 Å². The van der Waals surface area contributed by atoms with E-state index in [2.05, 4.69) is 9.88 Å². The Morgan fingerprint density at radius 3 is 2.61 bits per heavy atom. The van der Waals surface area contributed by atoms with Gasteiger partial charge in [0, 0.05) is 31.4 Å². The molecule has 0 fully saturated rings. The van der Waals surface area contributed by atoms with Crippen molar-refractivity contribution in [1.82, 2.24) is 9.88 Å². The molecule has 0 bridgehead atoms. The second kappa shape index (κ2) is 7.28. The minimum atomic E-state index is -0.285. The minimum absolute atomic E-state index is 0.205.